The Morgan fingerprint density at radius 1 is 1.53 bits per heavy atom. The van der Waals surface area contributed by atoms with Gasteiger partial charge in [0.2, 0.25) is 5.91 Å². The molecule has 0 spiro atoms. The second-order valence-electron chi connectivity index (χ2n) is 4.79. The number of carboxylic acid groups (broad SMARTS) is 1. The molecule has 2 rings (SSSR count). The van der Waals surface area contributed by atoms with Crippen molar-refractivity contribution in [2.45, 2.75) is 12.7 Å². The lowest BCUT2D eigenvalue weighted by molar-refractivity contribution is -0.142. The minimum atomic E-state index is -0.797. The Morgan fingerprint density at radius 3 is 2.89 bits per heavy atom. The van der Waals surface area contributed by atoms with E-state index in [1.165, 1.54) is 4.88 Å². The normalized spacial score (nSPS) is 22.7. The van der Waals surface area contributed by atoms with Crippen LogP contribution in [0.3, 0.4) is 0 Å². The van der Waals surface area contributed by atoms with Crippen LogP contribution in [0.2, 0.25) is 0 Å². The molecule has 1 amide bonds. The Balaban J connectivity index is 1.76. The molecule has 0 aliphatic carbocycles. The summed E-state index contributed by atoms with van der Waals surface area (Å²) >= 11 is 3.28. The first-order valence-corrected chi connectivity index (χ1v) is 8.22. The van der Waals surface area contributed by atoms with Gasteiger partial charge in [0.25, 0.3) is 0 Å². The Hall–Kier alpha value is -1.01. The molecule has 0 saturated carbocycles. The fourth-order valence-electron chi connectivity index (χ4n) is 2.22. The summed E-state index contributed by atoms with van der Waals surface area (Å²) in [5.41, 5.74) is 0. The average molecular weight is 299 g/mol. The van der Waals surface area contributed by atoms with Crippen molar-refractivity contribution >= 4 is 35.0 Å². The summed E-state index contributed by atoms with van der Waals surface area (Å²) in [6.07, 6.45) is 0. The molecule has 1 aromatic rings. The van der Waals surface area contributed by atoms with Gasteiger partial charge in [-0.05, 0) is 17.4 Å². The maximum atomic E-state index is 12.0. The predicted molar refractivity (Wildman–Crippen MR) is 77.4 cm³/mol. The Bertz CT molecular complexity index is 447. The van der Waals surface area contributed by atoms with Crippen LogP contribution in [0.25, 0.3) is 0 Å². The largest absolute Gasteiger partial charge is 0.481 e. The number of nitrogens with zero attached hydrogens (tertiary/aromatic N) is 1. The highest BCUT2D eigenvalue weighted by molar-refractivity contribution is 7.99. The van der Waals surface area contributed by atoms with E-state index in [9.17, 15) is 9.59 Å². The molecule has 1 saturated heterocycles. The monoisotopic (exact) mass is 299 g/mol. The molecule has 1 N–H and O–H groups in total. The van der Waals surface area contributed by atoms with Crippen molar-refractivity contribution in [2.75, 3.05) is 18.8 Å². The summed E-state index contributed by atoms with van der Waals surface area (Å²) < 4.78 is 0. The maximum Gasteiger partial charge on any atom is 0.308 e. The number of likely N-dealkylation sites (tertiary alicyclic amines) is 1. The van der Waals surface area contributed by atoms with Gasteiger partial charge in [-0.15, -0.1) is 23.1 Å². The zero-order valence-corrected chi connectivity index (χ0v) is 12.4. The first-order valence-electron chi connectivity index (χ1n) is 6.18. The molecule has 0 bridgehead atoms. The summed E-state index contributed by atoms with van der Waals surface area (Å²) in [6, 6.07) is 4.06. The van der Waals surface area contributed by atoms with Crippen LogP contribution >= 0.6 is 23.1 Å². The lowest BCUT2D eigenvalue weighted by Crippen LogP contribution is -2.31. The molecule has 6 heteroatoms. The van der Waals surface area contributed by atoms with Crippen molar-refractivity contribution in [3.8, 4) is 0 Å². The van der Waals surface area contributed by atoms with Crippen molar-refractivity contribution in [1.29, 1.82) is 0 Å². The van der Waals surface area contributed by atoms with E-state index in [0.717, 1.165) is 5.75 Å². The highest BCUT2D eigenvalue weighted by atomic mass is 32.2. The van der Waals surface area contributed by atoms with E-state index in [-0.39, 0.29) is 11.8 Å². The van der Waals surface area contributed by atoms with Gasteiger partial charge < -0.3 is 10.0 Å². The zero-order chi connectivity index (χ0) is 13.8. The van der Waals surface area contributed by atoms with Gasteiger partial charge in [-0.25, -0.2) is 0 Å². The molecule has 19 heavy (non-hydrogen) atoms. The summed E-state index contributed by atoms with van der Waals surface area (Å²) in [7, 11) is 0. The molecule has 0 radical (unpaired) electrons. The first-order chi connectivity index (χ1) is 9.08. The molecule has 1 aliphatic heterocycles. The van der Waals surface area contributed by atoms with Crippen LogP contribution in [-0.2, 0) is 15.3 Å². The number of carbonyl (C=O) groups is 2. The highest BCUT2D eigenvalue weighted by Gasteiger charge is 2.36. The number of amides is 1. The van der Waals surface area contributed by atoms with E-state index in [1.807, 2.05) is 18.4 Å². The maximum absolute atomic E-state index is 12.0. The molecular weight excluding hydrogens is 282 g/mol. The Morgan fingerprint density at radius 2 is 2.32 bits per heavy atom. The molecule has 1 aliphatic rings. The van der Waals surface area contributed by atoms with E-state index >= 15 is 0 Å². The molecule has 0 aromatic carbocycles. The number of thiophene rings is 1. The summed E-state index contributed by atoms with van der Waals surface area (Å²) in [6.45, 7) is 2.81. The third-order valence-electron chi connectivity index (χ3n) is 3.33. The molecule has 1 aromatic heterocycles. The van der Waals surface area contributed by atoms with Crippen LogP contribution in [0.15, 0.2) is 17.5 Å². The number of hydrogen-bond donors (Lipinski definition) is 1. The SMILES string of the molecule is CC1CN(C(=O)CSCc2cccs2)CC1C(=O)O. The second-order valence-corrected chi connectivity index (χ2v) is 6.81. The van der Waals surface area contributed by atoms with E-state index in [1.54, 1.807) is 28.0 Å². The lowest BCUT2D eigenvalue weighted by Gasteiger charge is -2.15. The number of carbonyl (C=O) groups excluding carboxylic acids is 1. The van der Waals surface area contributed by atoms with Crippen LogP contribution in [0, 0.1) is 11.8 Å². The average Bonchev–Trinajstić information content (AvgIpc) is 2.98. The van der Waals surface area contributed by atoms with Crippen LogP contribution in [0.5, 0.6) is 0 Å². The van der Waals surface area contributed by atoms with Gasteiger partial charge in [-0.2, -0.15) is 0 Å². The quantitative estimate of drug-likeness (QED) is 0.905. The molecule has 4 nitrogen and oxygen atoms in total. The van der Waals surface area contributed by atoms with Crippen molar-refractivity contribution in [3.05, 3.63) is 22.4 Å². The fourth-order valence-corrected chi connectivity index (χ4v) is 3.98. The van der Waals surface area contributed by atoms with Gasteiger partial charge in [-0.1, -0.05) is 13.0 Å². The topological polar surface area (TPSA) is 57.6 Å². The minimum Gasteiger partial charge on any atom is -0.481 e. The highest BCUT2D eigenvalue weighted by Crippen LogP contribution is 2.24. The van der Waals surface area contributed by atoms with Gasteiger partial charge >= 0.3 is 5.97 Å². The molecular formula is C13H17NO3S2. The van der Waals surface area contributed by atoms with Crippen LogP contribution in [-0.4, -0.2) is 40.7 Å². The summed E-state index contributed by atoms with van der Waals surface area (Å²) in [4.78, 5) is 26.0. The van der Waals surface area contributed by atoms with Crippen molar-refractivity contribution in [2.24, 2.45) is 11.8 Å². The Kier molecular flexibility index (Phi) is 4.87. The van der Waals surface area contributed by atoms with Crippen LogP contribution < -0.4 is 0 Å². The molecule has 1 fully saturated rings. The standard InChI is InChI=1S/C13H17NO3S2/c1-9-5-14(6-11(9)13(16)17)12(15)8-18-7-10-3-2-4-19-10/h2-4,9,11H,5-8H2,1H3,(H,16,17). The second kappa shape index (κ2) is 6.43. The predicted octanol–water partition coefficient (Wildman–Crippen LogP) is 2.16. The number of carboxylic acids is 1. The van der Waals surface area contributed by atoms with Crippen LogP contribution in [0.1, 0.15) is 11.8 Å². The summed E-state index contributed by atoms with van der Waals surface area (Å²) in [5, 5.41) is 11.1. The van der Waals surface area contributed by atoms with E-state index < -0.39 is 11.9 Å². The van der Waals surface area contributed by atoms with Crippen molar-refractivity contribution in [3.63, 3.8) is 0 Å². The van der Waals surface area contributed by atoms with Crippen molar-refractivity contribution in [1.82, 2.24) is 4.90 Å². The summed E-state index contributed by atoms with van der Waals surface area (Å²) in [5.74, 6) is 0.160. The van der Waals surface area contributed by atoms with Crippen molar-refractivity contribution < 1.29 is 14.7 Å². The number of aliphatic carboxylic acids is 1. The fraction of sp³-hybridized carbons (Fsp3) is 0.538. The van der Waals surface area contributed by atoms with E-state index in [0.29, 0.717) is 18.8 Å². The van der Waals surface area contributed by atoms with Gasteiger partial charge in [0.1, 0.15) is 0 Å². The van der Waals surface area contributed by atoms with E-state index in [2.05, 4.69) is 6.07 Å². The van der Waals surface area contributed by atoms with Crippen LogP contribution in [0.4, 0.5) is 0 Å². The van der Waals surface area contributed by atoms with Gasteiger partial charge in [0, 0.05) is 23.7 Å². The third-order valence-corrected chi connectivity index (χ3v) is 5.36. The molecule has 2 unspecified atom stereocenters. The van der Waals surface area contributed by atoms with E-state index in [4.69, 9.17) is 5.11 Å². The van der Waals surface area contributed by atoms with Gasteiger partial charge in [-0.3, -0.25) is 9.59 Å². The Labute approximate surface area is 120 Å². The number of hydrogen-bond acceptors (Lipinski definition) is 4. The van der Waals surface area contributed by atoms with Gasteiger partial charge in [0.05, 0.1) is 11.7 Å². The zero-order valence-electron chi connectivity index (χ0n) is 10.7. The number of rotatable bonds is 5. The molecule has 104 valence electrons. The molecule has 2 heterocycles. The first kappa shape index (κ1) is 14.4. The smallest absolute Gasteiger partial charge is 0.308 e. The lowest BCUT2D eigenvalue weighted by atomic mass is 9.99. The minimum absolute atomic E-state index is 0.0451. The number of thioether (sulfide) groups is 1. The van der Waals surface area contributed by atoms with Gasteiger partial charge in [0.15, 0.2) is 0 Å². The third kappa shape index (κ3) is 3.73. The molecule has 2 atom stereocenters.